The Bertz CT molecular complexity index is 499. The van der Waals surface area contributed by atoms with Gasteiger partial charge in [0.15, 0.2) is 5.58 Å². The highest BCUT2D eigenvalue weighted by Crippen LogP contribution is 2.12. The number of aromatic nitrogens is 1. The van der Waals surface area contributed by atoms with Crippen LogP contribution in [0.2, 0.25) is 0 Å². The molecule has 1 aromatic heterocycles. The molecular formula is C11H14N2O2. The summed E-state index contributed by atoms with van der Waals surface area (Å²) in [6.07, 6.45) is 0.943. The molecule has 4 heteroatoms. The largest absolute Gasteiger partial charge is 0.417 e. The first-order chi connectivity index (χ1) is 7.29. The molecule has 0 saturated carbocycles. The van der Waals surface area contributed by atoms with Crippen molar-refractivity contribution < 1.29 is 4.42 Å². The van der Waals surface area contributed by atoms with E-state index in [-0.39, 0.29) is 0 Å². The third-order valence-corrected chi connectivity index (χ3v) is 2.33. The van der Waals surface area contributed by atoms with E-state index < -0.39 is 5.76 Å². The second-order valence-electron chi connectivity index (χ2n) is 3.45. The fourth-order valence-electron chi connectivity index (χ4n) is 1.55. The van der Waals surface area contributed by atoms with Gasteiger partial charge in [-0.15, -0.1) is 0 Å². The zero-order valence-electron chi connectivity index (χ0n) is 8.67. The van der Waals surface area contributed by atoms with Gasteiger partial charge in [-0.25, -0.2) is 4.79 Å². The van der Waals surface area contributed by atoms with Crippen LogP contribution >= 0.6 is 0 Å². The first-order valence-corrected chi connectivity index (χ1v) is 5.12. The van der Waals surface area contributed by atoms with Crippen molar-refractivity contribution in [3.63, 3.8) is 0 Å². The molecule has 1 aromatic carbocycles. The van der Waals surface area contributed by atoms with Crippen LogP contribution in [0, 0.1) is 0 Å². The van der Waals surface area contributed by atoms with E-state index in [9.17, 15) is 4.79 Å². The monoisotopic (exact) mass is 206 g/mol. The van der Waals surface area contributed by atoms with Crippen LogP contribution in [0.15, 0.2) is 27.4 Å². The van der Waals surface area contributed by atoms with Gasteiger partial charge in [0.2, 0.25) is 0 Å². The molecule has 0 aliphatic rings. The minimum atomic E-state index is -0.395. The molecule has 0 atom stereocenters. The highest BCUT2D eigenvalue weighted by Gasteiger charge is 2.01. The zero-order chi connectivity index (χ0) is 10.7. The van der Waals surface area contributed by atoms with Crippen molar-refractivity contribution in [3.8, 4) is 0 Å². The highest BCUT2D eigenvalue weighted by atomic mass is 16.4. The van der Waals surface area contributed by atoms with Crippen molar-refractivity contribution in [2.75, 3.05) is 13.1 Å². The number of likely N-dealkylation sites (N-methyl/N-ethyl adjacent to an activating group) is 1. The summed E-state index contributed by atoms with van der Waals surface area (Å²) in [4.78, 5) is 13.5. The first-order valence-electron chi connectivity index (χ1n) is 5.12. The Hall–Kier alpha value is -1.55. The summed E-state index contributed by atoms with van der Waals surface area (Å²) >= 11 is 0. The maximum absolute atomic E-state index is 10.9. The summed E-state index contributed by atoms with van der Waals surface area (Å²) in [7, 11) is 0. The van der Waals surface area contributed by atoms with E-state index in [1.165, 1.54) is 5.56 Å². The lowest BCUT2D eigenvalue weighted by Gasteiger charge is -2.01. The second kappa shape index (κ2) is 4.31. The van der Waals surface area contributed by atoms with Crippen molar-refractivity contribution in [3.05, 3.63) is 34.3 Å². The molecule has 0 saturated heterocycles. The Morgan fingerprint density at radius 1 is 1.47 bits per heavy atom. The Kier molecular flexibility index (Phi) is 2.87. The summed E-state index contributed by atoms with van der Waals surface area (Å²) < 4.78 is 4.98. The van der Waals surface area contributed by atoms with Crippen LogP contribution in [-0.2, 0) is 6.42 Å². The molecule has 0 amide bonds. The lowest BCUT2D eigenvalue weighted by Crippen LogP contribution is -2.15. The Morgan fingerprint density at radius 3 is 3.13 bits per heavy atom. The van der Waals surface area contributed by atoms with Crippen LogP contribution in [0.5, 0.6) is 0 Å². The summed E-state index contributed by atoms with van der Waals surface area (Å²) in [5, 5.41) is 3.25. The van der Waals surface area contributed by atoms with E-state index in [4.69, 9.17) is 4.42 Å². The van der Waals surface area contributed by atoms with E-state index >= 15 is 0 Å². The summed E-state index contributed by atoms with van der Waals surface area (Å²) in [6.45, 7) is 3.99. The van der Waals surface area contributed by atoms with Crippen molar-refractivity contribution in [1.29, 1.82) is 0 Å². The molecule has 4 nitrogen and oxygen atoms in total. The Labute approximate surface area is 87.3 Å². The van der Waals surface area contributed by atoms with Crippen molar-refractivity contribution >= 4 is 11.1 Å². The van der Waals surface area contributed by atoms with Crippen LogP contribution in [0.4, 0.5) is 0 Å². The summed E-state index contributed by atoms with van der Waals surface area (Å²) in [5.74, 6) is -0.395. The van der Waals surface area contributed by atoms with Crippen LogP contribution in [0.1, 0.15) is 12.5 Å². The first kappa shape index (κ1) is 9.98. The third kappa shape index (κ3) is 2.27. The van der Waals surface area contributed by atoms with Crippen molar-refractivity contribution in [2.45, 2.75) is 13.3 Å². The van der Waals surface area contributed by atoms with E-state index in [0.29, 0.717) is 5.58 Å². The fourth-order valence-corrected chi connectivity index (χ4v) is 1.55. The van der Waals surface area contributed by atoms with E-state index in [1.54, 1.807) is 0 Å². The van der Waals surface area contributed by atoms with E-state index in [1.807, 2.05) is 18.2 Å². The van der Waals surface area contributed by atoms with Crippen LogP contribution in [-0.4, -0.2) is 18.1 Å². The van der Waals surface area contributed by atoms with Gasteiger partial charge in [-0.1, -0.05) is 13.0 Å². The average Bonchev–Trinajstić information content (AvgIpc) is 2.57. The third-order valence-electron chi connectivity index (χ3n) is 2.33. The predicted molar refractivity (Wildman–Crippen MR) is 59.1 cm³/mol. The minimum absolute atomic E-state index is 0.395. The fraction of sp³-hybridized carbons (Fsp3) is 0.364. The molecule has 0 radical (unpaired) electrons. The number of nitrogens with one attached hydrogen (secondary N) is 2. The summed E-state index contributed by atoms with van der Waals surface area (Å²) in [5.41, 5.74) is 2.56. The van der Waals surface area contributed by atoms with Gasteiger partial charge in [0.1, 0.15) is 0 Å². The quantitative estimate of drug-likeness (QED) is 0.741. The number of fused-ring (bicyclic) bond motifs is 1. The molecule has 0 fully saturated rings. The standard InChI is InChI=1S/C11H14N2O2/c1-2-12-6-5-8-3-4-9-10(7-8)15-11(14)13-9/h3-4,7,12H,2,5-6H2,1H3,(H,13,14). The molecule has 0 spiro atoms. The number of aromatic amines is 1. The molecule has 0 aliphatic heterocycles. The predicted octanol–water partition coefficient (Wildman–Crippen LogP) is 1.27. The maximum Gasteiger partial charge on any atom is 0.417 e. The number of H-pyrrole nitrogens is 1. The molecule has 0 unspecified atom stereocenters. The zero-order valence-corrected chi connectivity index (χ0v) is 8.67. The van der Waals surface area contributed by atoms with Crippen LogP contribution in [0.3, 0.4) is 0 Å². The molecule has 2 N–H and O–H groups in total. The maximum atomic E-state index is 10.9. The van der Waals surface area contributed by atoms with Gasteiger partial charge in [0, 0.05) is 0 Å². The smallest absolute Gasteiger partial charge is 0.408 e. The molecule has 15 heavy (non-hydrogen) atoms. The van der Waals surface area contributed by atoms with Gasteiger partial charge >= 0.3 is 5.76 Å². The van der Waals surface area contributed by atoms with Gasteiger partial charge in [-0.3, -0.25) is 4.98 Å². The van der Waals surface area contributed by atoms with Crippen LogP contribution < -0.4 is 11.1 Å². The van der Waals surface area contributed by atoms with Gasteiger partial charge in [0.25, 0.3) is 0 Å². The number of rotatable bonds is 4. The van der Waals surface area contributed by atoms with Crippen molar-refractivity contribution in [2.24, 2.45) is 0 Å². The number of hydrogen-bond donors (Lipinski definition) is 2. The summed E-state index contributed by atoms with van der Waals surface area (Å²) in [6, 6.07) is 5.79. The van der Waals surface area contributed by atoms with E-state index in [2.05, 4.69) is 17.2 Å². The minimum Gasteiger partial charge on any atom is -0.408 e. The lowest BCUT2D eigenvalue weighted by molar-refractivity contribution is 0.555. The molecule has 0 bridgehead atoms. The lowest BCUT2D eigenvalue weighted by atomic mass is 10.1. The topological polar surface area (TPSA) is 58.0 Å². The number of hydrogen-bond acceptors (Lipinski definition) is 3. The van der Waals surface area contributed by atoms with Gasteiger partial charge in [-0.2, -0.15) is 0 Å². The number of benzene rings is 1. The SMILES string of the molecule is CCNCCc1ccc2[nH]c(=O)oc2c1. The van der Waals surface area contributed by atoms with E-state index in [0.717, 1.165) is 25.0 Å². The van der Waals surface area contributed by atoms with Crippen LogP contribution in [0.25, 0.3) is 11.1 Å². The van der Waals surface area contributed by atoms with Crippen molar-refractivity contribution in [1.82, 2.24) is 10.3 Å². The van der Waals surface area contributed by atoms with Gasteiger partial charge in [-0.05, 0) is 37.2 Å². The molecule has 2 rings (SSSR count). The second-order valence-corrected chi connectivity index (χ2v) is 3.45. The normalized spacial score (nSPS) is 11.0. The average molecular weight is 206 g/mol. The van der Waals surface area contributed by atoms with Gasteiger partial charge in [0.05, 0.1) is 5.52 Å². The van der Waals surface area contributed by atoms with Gasteiger partial charge < -0.3 is 9.73 Å². The Morgan fingerprint density at radius 2 is 2.33 bits per heavy atom. The molecule has 2 aromatic rings. The number of oxazole rings is 1. The molecular weight excluding hydrogens is 192 g/mol. The molecule has 80 valence electrons. The molecule has 0 aliphatic carbocycles. The Balaban J connectivity index is 2.19. The molecule has 1 heterocycles. The highest BCUT2D eigenvalue weighted by molar-refractivity contribution is 5.72.